The number of rotatable bonds is 6. The zero-order valence-electron chi connectivity index (χ0n) is 17.9. The van der Waals surface area contributed by atoms with Crippen LogP contribution in [0.25, 0.3) is 5.70 Å². The Labute approximate surface area is 195 Å². The molecule has 162 valence electrons. The average Bonchev–Trinajstić information content (AvgIpc) is 2.76. The predicted octanol–water partition coefficient (Wildman–Crippen LogP) is 3.58. The quantitative estimate of drug-likeness (QED) is 0.617. The Morgan fingerprint density at radius 3 is 2.65 bits per heavy atom. The van der Waals surface area contributed by atoms with Crippen molar-refractivity contribution in [3.8, 4) is 0 Å². The van der Waals surface area contributed by atoms with Crippen LogP contribution in [0.15, 0.2) is 57.0 Å². The second kappa shape index (κ2) is 9.44. The SMILES string of the molecule is CCCCCSC1=NN2C(=c3cc(Br)ccc3=N[C@H]2c2ccc(N(C)C)cc2)C(=O)N1. The van der Waals surface area contributed by atoms with Gasteiger partial charge in [-0.1, -0.05) is 59.6 Å². The maximum absolute atomic E-state index is 13.2. The fourth-order valence-electron chi connectivity index (χ4n) is 3.60. The summed E-state index contributed by atoms with van der Waals surface area (Å²) in [6.07, 6.45) is 3.05. The summed E-state index contributed by atoms with van der Waals surface area (Å²) in [5, 5.41) is 11.8. The third-order valence-corrected chi connectivity index (χ3v) is 6.71. The molecular formula is C23H26BrN5OS. The van der Waals surface area contributed by atoms with Crippen molar-refractivity contribution < 1.29 is 4.79 Å². The van der Waals surface area contributed by atoms with Crippen molar-refractivity contribution in [1.29, 1.82) is 0 Å². The lowest BCUT2D eigenvalue weighted by Crippen LogP contribution is -2.50. The van der Waals surface area contributed by atoms with Gasteiger partial charge in [0.2, 0.25) is 0 Å². The van der Waals surface area contributed by atoms with E-state index >= 15 is 0 Å². The van der Waals surface area contributed by atoms with E-state index in [2.05, 4.69) is 57.3 Å². The zero-order valence-corrected chi connectivity index (χ0v) is 20.3. The molecule has 4 rings (SSSR count). The molecule has 1 atom stereocenters. The van der Waals surface area contributed by atoms with Crippen LogP contribution < -0.4 is 20.8 Å². The van der Waals surface area contributed by atoms with Gasteiger partial charge in [-0.3, -0.25) is 15.1 Å². The van der Waals surface area contributed by atoms with E-state index in [1.165, 1.54) is 12.8 Å². The van der Waals surface area contributed by atoms with Crippen LogP contribution in [0.3, 0.4) is 0 Å². The van der Waals surface area contributed by atoms with Crippen molar-refractivity contribution in [2.45, 2.75) is 32.4 Å². The van der Waals surface area contributed by atoms with E-state index in [1.54, 1.807) is 16.8 Å². The number of unbranched alkanes of at least 4 members (excludes halogenated alkanes) is 2. The molecule has 0 fully saturated rings. The van der Waals surface area contributed by atoms with Crippen molar-refractivity contribution in [3.63, 3.8) is 0 Å². The first kappa shape index (κ1) is 21.9. The molecule has 2 aromatic carbocycles. The van der Waals surface area contributed by atoms with Crippen molar-refractivity contribution in [3.05, 3.63) is 63.1 Å². The van der Waals surface area contributed by atoms with Gasteiger partial charge in [-0.2, -0.15) is 0 Å². The zero-order chi connectivity index (χ0) is 22.0. The van der Waals surface area contributed by atoms with E-state index in [1.807, 2.05) is 32.3 Å². The molecule has 0 saturated carbocycles. The maximum atomic E-state index is 13.2. The Bertz CT molecular complexity index is 1130. The number of fused-ring (bicyclic) bond motifs is 2. The lowest BCUT2D eigenvalue weighted by atomic mass is 10.1. The molecular weight excluding hydrogens is 474 g/mol. The second-order valence-corrected chi connectivity index (χ2v) is 9.76. The first-order valence-corrected chi connectivity index (χ1v) is 12.2. The van der Waals surface area contributed by atoms with E-state index in [9.17, 15) is 4.79 Å². The summed E-state index contributed by atoms with van der Waals surface area (Å²) in [6, 6.07) is 14.1. The minimum Gasteiger partial charge on any atom is -0.378 e. The Kier molecular flexibility index (Phi) is 6.67. The largest absolute Gasteiger partial charge is 0.378 e. The normalized spacial score (nSPS) is 17.4. The monoisotopic (exact) mass is 499 g/mol. The number of hydrogen-bond donors (Lipinski definition) is 1. The Hall–Kier alpha value is -2.32. The minimum absolute atomic E-state index is 0.142. The summed E-state index contributed by atoms with van der Waals surface area (Å²) in [4.78, 5) is 20.2. The minimum atomic E-state index is -0.392. The summed E-state index contributed by atoms with van der Waals surface area (Å²) in [5.41, 5.74) is 2.64. The van der Waals surface area contributed by atoms with Crippen LogP contribution in [0.5, 0.6) is 0 Å². The Balaban J connectivity index is 1.78. The number of benzene rings is 2. The van der Waals surface area contributed by atoms with Crippen molar-refractivity contribution in [1.82, 2.24) is 10.3 Å². The standard InChI is InChI=1S/C23H26BrN5OS/c1-4-5-6-13-31-23-26-22(30)20-18-14-16(24)9-12-19(18)25-21(29(20)27-23)15-7-10-17(11-8-15)28(2)3/h7-12,14,21H,4-6,13H2,1-3H3,(H,26,27,30)/t21-/m1/s1. The summed E-state index contributed by atoms with van der Waals surface area (Å²) in [7, 11) is 4.03. The fraction of sp³-hybridized carbons (Fsp3) is 0.348. The van der Waals surface area contributed by atoms with E-state index in [4.69, 9.17) is 10.1 Å². The van der Waals surface area contributed by atoms with Crippen LogP contribution >= 0.6 is 27.7 Å². The highest BCUT2D eigenvalue weighted by atomic mass is 79.9. The Morgan fingerprint density at radius 1 is 1.16 bits per heavy atom. The van der Waals surface area contributed by atoms with Crippen molar-refractivity contribution >= 4 is 50.2 Å². The van der Waals surface area contributed by atoms with Gasteiger partial charge in [-0.05, 0) is 42.3 Å². The molecule has 0 unspecified atom stereocenters. The molecule has 2 aliphatic heterocycles. The van der Waals surface area contributed by atoms with Gasteiger partial charge in [-0.25, -0.2) is 5.01 Å². The predicted molar refractivity (Wildman–Crippen MR) is 131 cm³/mol. The third kappa shape index (κ3) is 4.65. The van der Waals surface area contributed by atoms with Gasteiger partial charge in [0.25, 0.3) is 5.91 Å². The topological polar surface area (TPSA) is 60.3 Å². The summed E-state index contributed by atoms with van der Waals surface area (Å²) < 4.78 is 0.902. The first-order chi connectivity index (χ1) is 15.0. The van der Waals surface area contributed by atoms with Crippen LogP contribution in [0.4, 0.5) is 5.69 Å². The number of nitrogens with zero attached hydrogens (tertiary/aromatic N) is 4. The molecule has 0 aliphatic carbocycles. The molecule has 6 nitrogen and oxygen atoms in total. The second-order valence-electron chi connectivity index (χ2n) is 7.76. The van der Waals surface area contributed by atoms with Crippen molar-refractivity contribution in [2.75, 3.05) is 24.7 Å². The highest BCUT2D eigenvalue weighted by Gasteiger charge is 2.34. The molecule has 0 bridgehead atoms. The summed E-state index contributed by atoms with van der Waals surface area (Å²) in [6.45, 7) is 2.18. The number of thioether (sulfide) groups is 1. The molecule has 0 saturated heterocycles. The average molecular weight is 500 g/mol. The highest BCUT2D eigenvalue weighted by molar-refractivity contribution is 9.10. The van der Waals surface area contributed by atoms with Gasteiger partial charge in [-0.15, -0.1) is 5.10 Å². The van der Waals surface area contributed by atoms with Gasteiger partial charge >= 0.3 is 0 Å². The number of amidine groups is 1. The van der Waals surface area contributed by atoms with Gasteiger partial charge in [0.1, 0.15) is 5.70 Å². The molecule has 0 aromatic heterocycles. The summed E-state index contributed by atoms with van der Waals surface area (Å²) >= 11 is 5.11. The molecule has 1 N–H and O–H groups in total. The highest BCUT2D eigenvalue weighted by Crippen LogP contribution is 2.31. The van der Waals surface area contributed by atoms with Crippen LogP contribution in [0.2, 0.25) is 0 Å². The van der Waals surface area contributed by atoms with Crippen LogP contribution in [-0.2, 0) is 4.79 Å². The van der Waals surface area contributed by atoms with Gasteiger partial charge in [0.05, 0.1) is 5.36 Å². The van der Waals surface area contributed by atoms with Crippen LogP contribution in [0.1, 0.15) is 37.9 Å². The van der Waals surface area contributed by atoms with Gasteiger partial charge in [0.15, 0.2) is 11.3 Å². The lowest BCUT2D eigenvalue weighted by Gasteiger charge is -2.34. The molecule has 0 radical (unpaired) electrons. The molecule has 0 spiro atoms. The molecule has 8 heteroatoms. The molecule has 1 amide bonds. The number of amides is 1. The van der Waals surface area contributed by atoms with E-state index in [0.717, 1.165) is 38.5 Å². The number of carbonyl (C=O) groups is 1. The number of anilines is 1. The van der Waals surface area contributed by atoms with E-state index < -0.39 is 6.17 Å². The molecule has 2 aliphatic rings. The number of hydrogen-bond acceptors (Lipinski definition) is 6. The van der Waals surface area contributed by atoms with Crippen LogP contribution in [-0.4, -0.2) is 35.9 Å². The molecule has 31 heavy (non-hydrogen) atoms. The number of nitrogens with one attached hydrogen (secondary N) is 1. The molecule has 2 heterocycles. The van der Waals surface area contributed by atoms with E-state index in [0.29, 0.717) is 10.9 Å². The van der Waals surface area contributed by atoms with E-state index in [-0.39, 0.29) is 5.91 Å². The number of carbonyl (C=O) groups excluding carboxylic acids is 1. The number of hydrazone groups is 1. The fourth-order valence-corrected chi connectivity index (χ4v) is 4.81. The Morgan fingerprint density at radius 2 is 1.94 bits per heavy atom. The molecule has 2 aromatic rings. The van der Waals surface area contributed by atoms with Gasteiger partial charge < -0.3 is 4.90 Å². The number of halogens is 1. The van der Waals surface area contributed by atoms with Crippen LogP contribution in [0, 0.1) is 0 Å². The third-order valence-electron chi connectivity index (χ3n) is 5.26. The van der Waals surface area contributed by atoms with Crippen molar-refractivity contribution in [2.24, 2.45) is 10.1 Å². The lowest BCUT2D eigenvalue weighted by molar-refractivity contribution is -0.116. The van der Waals surface area contributed by atoms with Gasteiger partial charge in [0, 0.05) is 35.2 Å². The maximum Gasteiger partial charge on any atom is 0.276 e. The smallest absolute Gasteiger partial charge is 0.276 e. The summed E-state index contributed by atoms with van der Waals surface area (Å²) in [5.74, 6) is 0.787. The first-order valence-electron chi connectivity index (χ1n) is 10.4.